The van der Waals surface area contributed by atoms with E-state index in [4.69, 9.17) is 0 Å². The molecule has 4 aliphatic rings. The topological polar surface area (TPSA) is 74.6 Å². The molecule has 0 aliphatic heterocycles. The van der Waals surface area contributed by atoms with Crippen LogP contribution in [0.15, 0.2) is 0 Å². The standard InChI is InChI=1S/C14H20O4/c1-12(2)13(10(15)16)4-8-3-9(6-13)7-14(12,5-8)11(17)18/h8-9H,3-7H2,1-2H3,(H,15,16)(H,17,18). The summed E-state index contributed by atoms with van der Waals surface area (Å²) in [5.74, 6) is -0.991. The summed E-state index contributed by atoms with van der Waals surface area (Å²) in [7, 11) is 0. The molecular weight excluding hydrogens is 232 g/mol. The quantitative estimate of drug-likeness (QED) is 0.791. The van der Waals surface area contributed by atoms with Crippen LogP contribution >= 0.6 is 0 Å². The van der Waals surface area contributed by atoms with Gasteiger partial charge in [0.2, 0.25) is 0 Å². The average molecular weight is 252 g/mol. The molecule has 0 saturated heterocycles. The Morgan fingerprint density at radius 3 is 1.50 bits per heavy atom. The number of carboxylic acid groups (broad SMARTS) is 2. The van der Waals surface area contributed by atoms with Gasteiger partial charge in [-0.1, -0.05) is 13.8 Å². The predicted octanol–water partition coefficient (Wildman–Crippen LogP) is 2.38. The molecule has 18 heavy (non-hydrogen) atoms. The predicted molar refractivity (Wildman–Crippen MR) is 64.0 cm³/mol. The number of hydrogen-bond donors (Lipinski definition) is 2. The Hall–Kier alpha value is -1.06. The van der Waals surface area contributed by atoms with Gasteiger partial charge in [-0.3, -0.25) is 9.59 Å². The van der Waals surface area contributed by atoms with E-state index >= 15 is 0 Å². The number of hydrogen-bond acceptors (Lipinski definition) is 2. The van der Waals surface area contributed by atoms with E-state index in [-0.39, 0.29) is 11.8 Å². The van der Waals surface area contributed by atoms with Crippen molar-refractivity contribution >= 4 is 11.9 Å². The Morgan fingerprint density at radius 1 is 0.889 bits per heavy atom. The third-order valence-electron chi connectivity index (χ3n) is 6.43. The zero-order valence-electron chi connectivity index (χ0n) is 10.9. The summed E-state index contributed by atoms with van der Waals surface area (Å²) in [5, 5.41) is 19.4. The molecule has 4 saturated carbocycles. The van der Waals surface area contributed by atoms with Crippen molar-refractivity contribution in [2.75, 3.05) is 0 Å². The summed E-state index contributed by atoms with van der Waals surface area (Å²) in [4.78, 5) is 23.7. The highest BCUT2D eigenvalue weighted by Crippen LogP contribution is 2.73. The molecule has 2 N–H and O–H groups in total. The Morgan fingerprint density at radius 2 is 1.22 bits per heavy atom. The molecule has 4 nitrogen and oxygen atoms in total. The molecule has 0 atom stereocenters. The Bertz CT molecular complexity index is 387. The average Bonchev–Trinajstić information content (AvgIpc) is 2.24. The minimum atomic E-state index is -0.824. The molecule has 0 aromatic rings. The summed E-state index contributed by atoms with van der Waals surface area (Å²) in [6, 6.07) is 0. The molecule has 0 heterocycles. The zero-order chi connectivity index (χ0) is 13.3. The smallest absolute Gasteiger partial charge is 0.310 e. The van der Waals surface area contributed by atoms with Crippen LogP contribution < -0.4 is 0 Å². The normalized spacial score (nSPS) is 48.1. The van der Waals surface area contributed by atoms with Gasteiger partial charge in [0, 0.05) is 0 Å². The first kappa shape index (κ1) is 12.0. The first-order valence-electron chi connectivity index (χ1n) is 6.72. The van der Waals surface area contributed by atoms with E-state index in [1.807, 2.05) is 13.8 Å². The molecule has 0 amide bonds. The van der Waals surface area contributed by atoms with Gasteiger partial charge in [0.05, 0.1) is 10.8 Å². The lowest BCUT2D eigenvalue weighted by atomic mass is 9.34. The van der Waals surface area contributed by atoms with Gasteiger partial charge >= 0.3 is 11.9 Å². The van der Waals surface area contributed by atoms with E-state index in [0.29, 0.717) is 25.7 Å². The first-order chi connectivity index (χ1) is 8.25. The third-order valence-corrected chi connectivity index (χ3v) is 6.43. The monoisotopic (exact) mass is 252 g/mol. The van der Waals surface area contributed by atoms with E-state index in [1.165, 1.54) is 0 Å². The van der Waals surface area contributed by atoms with Crippen molar-refractivity contribution in [1.29, 1.82) is 0 Å². The maximum Gasteiger partial charge on any atom is 0.310 e. The molecule has 4 heteroatoms. The molecule has 4 fully saturated rings. The van der Waals surface area contributed by atoms with Gasteiger partial charge in [-0.15, -0.1) is 0 Å². The second kappa shape index (κ2) is 3.09. The van der Waals surface area contributed by atoms with Crippen molar-refractivity contribution in [3.05, 3.63) is 0 Å². The Balaban J connectivity index is 2.20. The number of carbonyl (C=O) groups is 2. The fourth-order valence-electron chi connectivity index (χ4n) is 5.45. The van der Waals surface area contributed by atoms with Gasteiger partial charge in [0.1, 0.15) is 0 Å². The van der Waals surface area contributed by atoms with Crippen molar-refractivity contribution in [2.24, 2.45) is 28.1 Å². The lowest BCUT2D eigenvalue weighted by Crippen LogP contribution is -2.68. The molecule has 4 bridgehead atoms. The maximum atomic E-state index is 11.8. The van der Waals surface area contributed by atoms with Crippen molar-refractivity contribution < 1.29 is 19.8 Å². The molecule has 0 aromatic carbocycles. The van der Waals surface area contributed by atoms with Crippen LogP contribution in [-0.4, -0.2) is 22.2 Å². The molecule has 0 unspecified atom stereocenters. The molecule has 4 rings (SSSR count). The molecule has 0 spiro atoms. The maximum absolute atomic E-state index is 11.8. The second-order valence-electron chi connectivity index (χ2n) is 7.18. The lowest BCUT2D eigenvalue weighted by Gasteiger charge is -2.67. The Labute approximate surface area is 106 Å². The van der Waals surface area contributed by atoms with E-state index < -0.39 is 28.2 Å². The van der Waals surface area contributed by atoms with Gasteiger partial charge in [-0.05, 0) is 49.4 Å². The van der Waals surface area contributed by atoms with E-state index in [0.717, 1.165) is 6.42 Å². The number of carboxylic acids is 2. The van der Waals surface area contributed by atoms with Crippen LogP contribution in [0.25, 0.3) is 0 Å². The van der Waals surface area contributed by atoms with Crippen molar-refractivity contribution in [1.82, 2.24) is 0 Å². The van der Waals surface area contributed by atoms with Crippen molar-refractivity contribution in [3.8, 4) is 0 Å². The van der Waals surface area contributed by atoms with Crippen LogP contribution in [0.5, 0.6) is 0 Å². The number of aliphatic carboxylic acids is 2. The highest BCUT2D eigenvalue weighted by atomic mass is 16.4. The van der Waals surface area contributed by atoms with Gasteiger partial charge in [-0.25, -0.2) is 0 Å². The van der Waals surface area contributed by atoms with Gasteiger partial charge < -0.3 is 10.2 Å². The van der Waals surface area contributed by atoms with Gasteiger partial charge in [0.15, 0.2) is 0 Å². The van der Waals surface area contributed by atoms with Crippen molar-refractivity contribution in [2.45, 2.75) is 46.0 Å². The largest absolute Gasteiger partial charge is 0.481 e. The molecule has 0 radical (unpaired) electrons. The third kappa shape index (κ3) is 1.04. The summed E-state index contributed by atoms with van der Waals surface area (Å²) in [6.07, 6.45) is 3.70. The Kier molecular flexibility index (Phi) is 2.06. The van der Waals surface area contributed by atoms with Crippen LogP contribution in [0.1, 0.15) is 46.0 Å². The van der Waals surface area contributed by atoms with E-state index in [9.17, 15) is 19.8 Å². The molecule has 4 aliphatic carbocycles. The summed E-state index contributed by atoms with van der Waals surface area (Å²) >= 11 is 0. The molecular formula is C14H20O4. The van der Waals surface area contributed by atoms with Crippen LogP contribution in [0.2, 0.25) is 0 Å². The molecule has 0 aromatic heterocycles. The first-order valence-corrected chi connectivity index (χ1v) is 6.72. The summed E-state index contributed by atoms with van der Waals surface area (Å²) in [5.41, 5.74) is -2.31. The zero-order valence-corrected chi connectivity index (χ0v) is 10.9. The van der Waals surface area contributed by atoms with Crippen LogP contribution in [0, 0.1) is 28.1 Å². The van der Waals surface area contributed by atoms with E-state index in [1.54, 1.807) is 0 Å². The minimum Gasteiger partial charge on any atom is -0.481 e. The minimum absolute atomic E-state index is 0.290. The highest BCUT2D eigenvalue weighted by molar-refractivity contribution is 5.83. The van der Waals surface area contributed by atoms with Crippen LogP contribution in [0.4, 0.5) is 0 Å². The fraction of sp³-hybridized carbons (Fsp3) is 0.857. The van der Waals surface area contributed by atoms with E-state index in [2.05, 4.69) is 0 Å². The summed E-state index contributed by atoms with van der Waals surface area (Å²) in [6.45, 7) is 3.74. The SMILES string of the molecule is CC1(C)C2(C(=O)O)CC3CC(C2)CC1(C(=O)O)C3. The number of rotatable bonds is 2. The fourth-order valence-corrected chi connectivity index (χ4v) is 5.45. The second-order valence-corrected chi connectivity index (χ2v) is 7.18. The van der Waals surface area contributed by atoms with Crippen LogP contribution in [0.3, 0.4) is 0 Å². The van der Waals surface area contributed by atoms with Gasteiger partial charge in [0.25, 0.3) is 0 Å². The lowest BCUT2D eigenvalue weighted by molar-refractivity contribution is -0.233. The highest BCUT2D eigenvalue weighted by Gasteiger charge is 2.73. The van der Waals surface area contributed by atoms with Crippen molar-refractivity contribution in [3.63, 3.8) is 0 Å². The summed E-state index contributed by atoms with van der Waals surface area (Å²) < 4.78 is 0. The van der Waals surface area contributed by atoms with Gasteiger partial charge in [-0.2, -0.15) is 0 Å². The van der Waals surface area contributed by atoms with Crippen LogP contribution in [-0.2, 0) is 9.59 Å². The molecule has 100 valence electrons.